The van der Waals surface area contributed by atoms with Gasteiger partial charge >= 0.3 is 0 Å². The number of nitrogens with zero attached hydrogens (tertiary/aromatic N) is 1. The lowest BCUT2D eigenvalue weighted by molar-refractivity contribution is -0.384. The number of hydrogen-bond donors (Lipinski definition) is 1. The third-order valence-corrected chi connectivity index (χ3v) is 3.68. The monoisotopic (exact) mass is 348 g/mol. The highest BCUT2D eigenvalue weighted by molar-refractivity contribution is 6.04. The van der Waals surface area contributed by atoms with Crippen LogP contribution in [0.15, 0.2) is 78.9 Å². The van der Waals surface area contributed by atoms with Crippen molar-refractivity contribution in [3.05, 3.63) is 100 Å². The minimum atomic E-state index is -0.487. The summed E-state index contributed by atoms with van der Waals surface area (Å²) >= 11 is 0. The van der Waals surface area contributed by atoms with E-state index in [-0.39, 0.29) is 11.6 Å². The van der Waals surface area contributed by atoms with E-state index in [9.17, 15) is 14.9 Å². The number of non-ortho nitro benzene ring substituents is 1. The number of benzene rings is 3. The standard InChI is InChI=1S/C20H16N2O4/c23-20(21-17-9-11-18(12-10-17)22(24)25)16-7-4-8-19(13-16)26-14-15-5-2-1-3-6-15/h1-13H,14H2,(H,21,23). The number of nitro groups is 1. The van der Waals surface area contributed by atoms with Gasteiger partial charge in [-0.3, -0.25) is 14.9 Å². The summed E-state index contributed by atoms with van der Waals surface area (Å²) in [6, 6.07) is 22.3. The fraction of sp³-hybridized carbons (Fsp3) is 0.0500. The number of ether oxygens (including phenoxy) is 1. The maximum atomic E-state index is 12.4. The average molecular weight is 348 g/mol. The Bertz CT molecular complexity index is 909. The van der Waals surface area contributed by atoms with Crippen LogP contribution in [-0.4, -0.2) is 10.8 Å². The number of hydrogen-bond acceptors (Lipinski definition) is 4. The number of nitrogens with one attached hydrogen (secondary N) is 1. The molecule has 0 heterocycles. The highest BCUT2D eigenvalue weighted by Gasteiger charge is 2.09. The summed E-state index contributed by atoms with van der Waals surface area (Å²) in [6.07, 6.45) is 0. The normalized spacial score (nSPS) is 10.2. The summed E-state index contributed by atoms with van der Waals surface area (Å²) in [5, 5.41) is 13.4. The number of nitro benzene ring substituents is 1. The third kappa shape index (κ3) is 4.45. The van der Waals surface area contributed by atoms with Gasteiger partial charge in [0.15, 0.2) is 0 Å². The van der Waals surface area contributed by atoms with Gasteiger partial charge in [0.25, 0.3) is 11.6 Å². The molecule has 0 bridgehead atoms. The van der Waals surface area contributed by atoms with Crippen molar-refractivity contribution >= 4 is 17.3 Å². The average Bonchev–Trinajstić information content (AvgIpc) is 2.68. The molecule has 0 radical (unpaired) electrons. The number of rotatable bonds is 6. The molecule has 3 rings (SSSR count). The Balaban J connectivity index is 1.65. The van der Waals surface area contributed by atoms with E-state index in [4.69, 9.17) is 4.74 Å². The fourth-order valence-corrected chi connectivity index (χ4v) is 2.34. The van der Waals surface area contributed by atoms with E-state index in [0.717, 1.165) is 5.56 Å². The van der Waals surface area contributed by atoms with Crippen molar-refractivity contribution < 1.29 is 14.5 Å². The lowest BCUT2D eigenvalue weighted by Gasteiger charge is -2.09. The van der Waals surface area contributed by atoms with Crippen LogP contribution in [0.3, 0.4) is 0 Å². The maximum Gasteiger partial charge on any atom is 0.269 e. The maximum absolute atomic E-state index is 12.4. The Hall–Kier alpha value is -3.67. The smallest absolute Gasteiger partial charge is 0.269 e. The van der Waals surface area contributed by atoms with Crippen LogP contribution < -0.4 is 10.1 Å². The summed E-state index contributed by atoms with van der Waals surface area (Å²) in [4.78, 5) is 22.5. The molecule has 130 valence electrons. The summed E-state index contributed by atoms with van der Waals surface area (Å²) in [5.74, 6) is 0.272. The largest absolute Gasteiger partial charge is 0.489 e. The highest BCUT2D eigenvalue weighted by atomic mass is 16.6. The van der Waals surface area contributed by atoms with Crippen molar-refractivity contribution in [2.75, 3.05) is 5.32 Å². The van der Waals surface area contributed by atoms with E-state index >= 15 is 0 Å². The van der Waals surface area contributed by atoms with Crippen LogP contribution >= 0.6 is 0 Å². The van der Waals surface area contributed by atoms with E-state index in [1.165, 1.54) is 24.3 Å². The van der Waals surface area contributed by atoms with Crippen molar-refractivity contribution in [2.45, 2.75) is 6.61 Å². The van der Waals surface area contributed by atoms with E-state index in [2.05, 4.69) is 5.32 Å². The summed E-state index contributed by atoms with van der Waals surface area (Å²) in [7, 11) is 0. The third-order valence-electron chi connectivity index (χ3n) is 3.68. The molecule has 3 aromatic carbocycles. The summed E-state index contributed by atoms with van der Waals surface area (Å²) in [5.41, 5.74) is 1.93. The van der Waals surface area contributed by atoms with E-state index < -0.39 is 4.92 Å². The number of anilines is 1. The second-order valence-electron chi connectivity index (χ2n) is 5.56. The second kappa shape index (κ2) is 7.94. The zero-order valence-electron chi connectivity index (χ0n) is 13.8. The zero-order valence-corrected chi connectivity index (χ0v) is 13.8. The first-order chi connectivity index (χ1) is 12.6. The number of carbonyl (C=O) groups excluding carboxylic acids is 1. The summed E-state index contributed by atoms with van der Waals surface area (Å²) in [6.45, 7) is 0.411. The predicted octanol–water partition coefficient (Wildman–Crippen LogP) is 4.43. The van der Waals surface area contributed by atoms with Gasteiger partial charge in [-0.25, -0.2) is 0 Å². The van der Waals surface area contributed by atoms with Crippen molar-refractivity contribution in [3.8, 4) is 5.75 Å². The van der Waals surface area contributed by atoms with Gasteiger partial charge in [0.1, 0.15) is 12.4 Å². The molecule has 0 atom stereocenters. The minimum absolute atomic E-state index is 0.0284. The van der Waals surface area contributed by atoms with E-state index in [1.807, 2.05) is 30.3 Å². The SMILES string of the molecule is O=C(Nc1ccc([N+](=O)[O-])cc1)c1cccc(OCc2ccccc2)c1. The van der Waals surface area contributed by atoms with Gasteiger partial charge < -0.3 is 10.1 Å². The molecule has 0 aliphatic heterocycles. The second-order valence-corrected chi connectivity index (χ2v) is 5.56. The molecule has 26 heavy (non-hydrogen) atoms. The van der Waals surface area contributed by atoms with Crippen molar-refractivity contribution in [1.82, 2.24) is 0 Å². The molecule has 0 aliphatic rings. The van der Waals surface area contributed by atoms with Crippen LogP contribution in [0.5, 0.6) is 5.75 Å². The Morgan fingerprint density at radius 3 is 2.38 bits per heavy atom. The van der Waals surface area contributed by atoms with Crippen LogP contribution in [-0.2, 0) is 6.61 Å². The first-order valence-electron chi connectivity index (χ1n) is 7.94. The molecule has 0 aliphatic carbocycles. The van der Waals surface area contributed by atoms with Gasteiger partial charge in [0.05, 0.1) is 4.92 Å². The van der Waals surface area contributed by atoms with Crippen LogP contribution in [0.1, 0.15) is 15.9 Å². The molecule has 6 nitrogen and oxygen atoms in total. The van der Waals surface area contributed by atoms with Crippen molar-refractivity contribution in [3.63, 3.8) is 0 Å². The molecule has 0 fully saturated rings. The van der Waals surface area contributed by atoms with Gasteiger partial charge in [0.2, 0.25) is 0 Å². The van der Waals surface area contributed by atoms with Gasteiger partial charge in [0, 0.05) is 23.4 Å². The lowest BCUT2D eigenvalue weighted by atomic mass is 10.2. The fourth-order valence-electron chi connectivity index (χ4n) is 2.34. The number of amides is 1. The van der Waals surface area contributed by atoms with Crippen LogP contribution in [0.4, 0.5) is 11.4 Å². The molecule has 6 heteroatoms. The van der Waals surface area contributed by atoms with Gasteiger partial charge in [-0.15, -0.1) is 0 Å². The Kier molecular flexibility index (Phi) is 5.24. The first kappa shape index (κ1) is 17.2. The zero-order chi connectivity index (χ0) is 18.4. The lowest BCUT2D eigenvalue weighted by Crippen LogP contribution is -2.12. The highest BCUT2D eigenvalue weighted by Crippen LogP contribution is 2.19. The van der Waals surface area contributed by atoms with Crippen molar-refractivity contribution in [2.24, 2.45) is 0 Å². The molecular weight excluding hydrogens is 332 g/mol. The summed E-state index contributed by atoms with van der Waals surface area (Å²) < 4.78 is 5.72. The minimum Gasteiger partial charge on any atom is -0.489 e. The molecule has 0 saturated carbocycles. The van der Waals surface area contributed by atoms with Crippen molar-refractivity contribution in [1.29, 1.82) is 0 Å². The van der Waals surface area contributed by atoms with E-state index in [1.54, 1.807) is 24.3 Å². The van der Waals surface area contributed by atoms with E-state index in [0.29, 0.717) is 23.6 Å². The van der Waals surface area contributed by atoms with Gasteiger partial charge in [-0.05, 0) is 35.9 Å². The molecule has 0 spiro atoms. The first-order valence-corrected chi connectivity index (χ1v) is 7.94. The number of carbonyl (C=O) groups is 1. The van der Waals surface area contributed by atoms with Crippen LogP contribution in [0, 0.1) is 10.1 Å². The van der Waals surface area contributed by atoms with Crippen LogP contribution in [0.25, 0.3) is 0 Å². The molecule has 0 aromatic heterocycles. The Labute approximate surface area is 150 Å². The van der Waals surface area contributed by atoms with Gasteiger partial charge in [-0.2, -0.15) is 0 Å². The van der Waals surface area contributed by atoms with Crippen LogP contribution in [0.2, 0.25) is 0 Å². The quantitative estimate of drug-likeness (QED) is 0.528. The predicted molar refractivity (Wildman–Crippen MR) is 98.3 cm³/mol. The molecule has 1 amide bonds. The molecular formula is C20H16N2O4. The molecule has 0 unspecified atom stereocenters. The Morgan fingerprint density at radius 2 is 1.69 bits per heavy atom. The Morgan fingerprint density at radius 1 is 0.962 bits per heavy atom. The molecule has 1 N–H and O–H groups in total. The molecule has 3 aromatic rings. The van der Waals surface area contributed by atoms with Gasteiger partial charge in [-0.1, -0.05) is 36.4 Å². The topological polar surface area (TPSA) is 81.5 Å². The molecule has 0 saturated heterocycles.